The van der Waals surface area contributed by atoms with E-state index < -0.39 is 11.7 Å². The molecule has 2 N–H and O–H groups in total. The summed E-state index contributed by atoms with van der Waals surface area (Å²) in [5.74, 6) is 0. The smallest absolute Gasteiger partial charge is 0.326 e. The first kappa shape index (κ1) is 9.98. The number of pyridine rings is 1. The quantitative estimate of drug-likeness (QED) is 0.734. The number of alkyl halides is 3. The van der Waals surface area contributed by atoms with E-state index >= 15 is 0 Å². The molecule has 0 radical (unpaired) electrons. The van der Waals surface area contributed by atoms with Crippen molar-refractivity contribution in [2.24, 2.45) is 5.73 Å². The molecule has 1 rings (SSSR count). The Balaban J connectivity index is 3.22. The highest BCUT2D eigenvalue weighted by Crippen LogP contribution is 2.31. The van der Waals surface area contributed by atoms with Crippen LogP contribution in [0, 0.1) is 6.92 Å². The average molecular weight is 190 g/mol. The Labute approximate surface area is 73.6 Å². The molecule has 2 nitrogen and oxygen atoms in total. The van der Waals surface area contributed by atoms with E-state index in [1.807, 2.05) is 0 Å². The minimum Gasteiger partial charge on any atom is -0.326 e. The van der Waals surface area contributed by atoms with Gasteiger partial charge in [0.05, 0.1) is 5.56 Å². The molecular weight excluding hydrogens is 181 g/mol. The summed E-state index contributed by atoms with van der Waals surface area (Å²) in [4.78, 5) is 3.58. The summed E-state index contributed by atoms with van der Waals surface area (Å²) in [6.45, 7) is 1.50. The third kappa shape index (κ3) is 2.18. The highest BCUT2D eigenvalue weighted by molar-refractivity contribution is 5.28. The summed E-state index contributed by atoms with van der Waals surface area (Å²) in [7, 11) is 0. The molecule has 0 aliphatic heterocycles. The number of hydrogen-bond donors (Lipinski definition) is 1. The predicted molar refractivity (Wildman–Crippen MR) is 41.9 cm³/mol. The molecule has 5 heteroatoms. The average Bonchev–Trinajstić information content (AvgIpc) is 2.01. The van der Waals surface area contributed by atoms with Crippen LogP contribution in [0.3, 0.4) is 0 Å². The van der Waals surface area contributed by atoms with Gasteiger partial charge < -0.3 is 5.73 Å². The molecule has 0 aromatic carbocycles. The van der Waals surface area contributed by atoms with Crippen LogP contribution in [-0.4, -0.2) is 4.98 Å². The van der Waals surface area contributed by atoms with Crippen molar-refractivity contribution in [2.75, 3.05) is 0 Å². The number of aryl methyl sites for hydroxylation is 1. The van der Waals surface area contributed by atoms with E-state index in [-0.39, 0.29) is 12.1 Å². The topological polar surface area (TPSA) is 38.9 Å². The van der Waals surface area contributed by atoms with Gasteiger partial charge in [0.15, 0.2) is 0 Å². The summed E-state index contributed by atoms with van der Waals surface area (Å²) >= 11 is 0. The van der Waals surface area contributed by atoms with Crippen LogP contribution in [0.4, 0.5) is 13.2 Å². The molecule has 1 aromatic heterocycles. The molecule has 0 saturated carbocycles. The fraction of sp³-hybridized carbons (Fsp3) is 0.375. The number of rotatable bonds is 1. The summed E-state index contributed by atoms with van der Waals surface area (Å²) in [6, 6.07) is 1.35. The maximum absolute atomic E-state index is 12.3. The van der Waals surface area contributed by atoms with Gasteiger partial charge in [0.25, 0.3) is 0 Å². The monoisotopic (exact) mass is 190 g/mol. The van der Waals surface area contributed by atoms with Gasteiger partial charge in [-0.15, -0.1) is 0 Å². The summed E-state index contributed by atoms with van der Waals surface area (Å²) in [5.41, 5.74) is 5.06. The van der Waals surface area contributed by atoms with Gasteiger partial charge in [-0.25, -0.2) is 0 Å². The van der Waals surface area contributed by atoms with Crippen LogP contribution in [0.25, 0.3) is 0 Å². The second-order valence-electron chi connectivity index (χ2n) is 2.68. The molecule has 1 heterocycles. The summed E-state index contributed by atoms with van der Waals surface area (Å²) in [6.07, 6.45) is -3.55. The van der Waals surface area contributed by atoms with Gasteiger partial charge in [0.2, 0.25) is 0 Å². The standard InChI is InChI=1S/C8H9F3N2/c1-5-2-6(3-12)7(4-13-5)8(9,10)11/h2,4H,3,12H2,1H3. The third-order valence-electron chi connectivity index (χ3n) is 1.65. The van der Waals surface area contributed by atoms with Crippen LogP contribution in [0.1, 0.15) is 16.8 Å². The molecule has 1 aromatic rings. The van der Waals surface area contributed by atoms with E-state index in [9.17, 15) is 13.2 Å². The van der Waals surface area contributed by atoms with Gasteiger partial charge >= 0.3 is 6.18 Å². The van der Waals surface area contributed by atoms with Gasteiger partial charge in [0.1, 0.15) is 0 Å². The molecule has 0 bridgehead atoms. The second-order valence-corrected chi connectivity index (χ2v) is 2.68. The van der Waals surface area contributed by atoms with Gasteiger partial charge in [-0.05, 0) is 18.6 Å². The van der Waals surface area contributed by atoms with Crippen molar-refractivity contribution in [1.82, 2.24) is 4.98 Å². The first-order valence-electron chi connectivity index (χ1n) is 3.68. The lowest BCUT2D eigenvalue weighted by molar-refractivity contribution is -0.138. The van der Waals surface area contributed by atoms with E-state index in [2.05, 4.69) is 4.98 Å². The molecule has 0 spiro atoms. The lowest BCUT2D eigenvalue weighted by Crippen LogP contribution is -2.12. The number of halogens is 3. The SMILES string of the molecule is Cc1cc(CN)c(C(F)(F)F)cn1. The van der Waals surface area contributed by atoms with E-state index in [1.165, 1.54) is 6.07 Å². The highest BCUT2D eigenvalue weighted by Gasteiger charge is 2.33. The normalized spacial score (nSPS) is 11.8. The van der Waals surface area contributed by atoms with Crippen molar-refractivity contribution >= 4 is 0 Å². The Hall–Kier alpha value is -1.10. The van der Waals surface area contributed by atoms with Gasteiger partial charge in [0, 0.05) is 18.4 Å². The Morgan fingerprint density at radius 1 is 1.46 bits per heavy atom. The molecule has 0 saturated heterocycles. The van der Waals surface area contributed by atoms with Gasteiger partial charge in [-0.3, -0.25) is 4.98 Å². The lowest BCUT2D eigenvalue weighted by atomic mass is 10.1. The maximum atomic E-state index is 12.3. The zero-order chi connectivity index (χ0) is 10.1. The van der Waals surface area contributed by atoms with Crippen molar-refractivity contribution in [3.05, 3.63) is 29.1 Å². The van der Waals surface area contributed by atoms with Crippen molar-refractivity contribution in [3.8, 4) is 0 Å². The maximum Gasteiger partial charge on any atom is 0.418 e. The number of aromatic nitrogens is 1. The molecule has 0 unspecified atom stereocenters. The van der Waals surface area contributed by atoms with E-state index in [1.54, 1.807) is 6.92 Å². The Bertz CT molecular complexity index is 307. The number of nitrogens with zero attached hydrogens (tertiary/aromatic N) is 1. The van der Waals surface area contributed by atoms with Crippen molar-refractivity contribution < 1.29 is 13.2 Å². The molecular formula is C8H9F3N2. The van der Waals surface area contributed by atoms with Crippen LogP contribution < -0.4 is 5.73 Å². The fourth-order valence-electron chi connectivity index (χ4n) is 1.04. The Kier molecular flexibility index (Phi) is 2.56. The predicted octanol–water partition coefficient (Wildman–Crippen LogP) is 1.87. The van der Waals surface area contributed by atoms with Crippen LogP contribution in [0.2, 0.25) is 0 Å². The van der Waals surface area contributed by atoms with E-state index in [0.29, 0.717) is 5.69 Å². The van der Waals surface area contributed by atoms with Gasteiger partial charge in [-0.1, -0.05) is 0 Å². The van der Waals surface area contributed by atoms with Crippen molar-refractivity contribution in [2.45, 2.75) is 19.6 Å². The molecule has 0 aliphatic carbocycles. The van der Waals surface area contributed by atoms with Crippen LogP contribution in [-0.2, 0) is 12.7 Å². The van der Waals surface area contributed by atoms with E-state index in [0.717, 1.165) is 6.20 Å². The number of hydrogen-bond acceptors (Lipinski definition) is 2. The highest BCUT2D eigenvalue weighted by atomic mass is 19.4. The first-order valence-corrected chi connectivity index (χ1v) is 3.68. The van der Waals surface area contributed by atoms with Gasteiger partial charge in [-0.2, -0.15) is 13.2 Å². The zero-order valence-electron chi connectivity index (χ0n) is 7.02. The molecule has 0 fully saturated rings. The summed E-state index contributed by atoms with van der Waals surface area (Å²) in [5, 5.41) is 0. The molecule has 0 atom stereocenters. The zero-order valence-corrected chi connectivity index (χ0v) is 7.02. The Morgan fingerprint density at radius 2 is 2.08 bits per heavy atom. The number of nitrogens with two attached hydrogens (primary N) is 1. The minimum absolute atomic E-state index is 0.0833. The molecule has 13 heavy (non-hydrogen) atoms. The van der Waals surface area contributed by atoms with E-state index in [4.69, 9.17) is 5.73 Å². The fourth-order valence-corrected chi connectivity index (χ4v) is 1.04. The minimum atomic E-state index is -4.37. The third-order valence-corrected chi connectivity index (χ3v) is 1.65. The summed E-state index contributed by atoms with van der Waals surface area (Å²) < 4.78 is 36.8. The lowest BCUT2D eigenvalue weighted by Gasteiger charge is -2.10. The first-order chi connectivity index (χ1) is 5.95. The molecule has 72 valence electrons. The van der Waals surface area contributed by atoms with Crippen LogP contribution in [0.5, 0.6) is 0 Å². The molecule has 0 aliphatic rings. The Morgan fingerprint density at radius 3 is 2.54 bits per heavy atom. The largest absolute Gasteiger partial charge is 0.418 e. The van der Waals surface area contributed by atoms with Crippen LogP contribution in [0.15, 0.2) is 12.3 Å². The van der Waals surface area contributed by atoms with Crippen molar-refractivity contribution in [3.63, 3.8) is 0 Å². The van der Waals surface area contributed by atoms with Crippen molar-refractivity contribution in [1.29, 1.82) is 0 Å². The molecule has 0 amide bonds. The van der Waals surface area contributed by atoms with Crippen LogP contribution >= 0.6 is 0 Å². The second kappa shape index (κ2) is 3.33.